The number of hydrogen-bond acceptors (Lipinski definition) is 7. The molecule has 2 fully saturated rings. The summed E-state index contributed by atoms with van der Waals surface area (Å²) < 4.78 is 0. The highest BCUT2D eigenvalue weighted by atomic mass is 16.3. The van der Waals surface area contributed by atoms with Crippen LogP contribution in [0.2, 0.25) is 0 Å². The van der Waals surface area contributed by atoms with Crippen molar-refractivity contribution in [1.82, 2.24) is 20.4 Å². The number of hydrogen-bond donors (Lipinski definition) is 3. The first-order chi connectivity index (χ1) is 14.6. The second-order valence-electron chi connectivity index (χ2n) is 8.10. The van der Waals surface area contributed by atoms with Gasteiger partial charge < -0.3 is 25.5 Å². The molecule has 4 rings (SSSR count). The number of phenolic OH excluding ortho intramolecular Hbond substituents is 1. The van der Waals surface area contributed by atoms with E-state index >= 15 is 0 Å². The van der Waals surface area contributed by atoms with Gasteiger partial charge >= 0.3 is 0 Å². The molecule has 1 aromatic carbocycles. The van der Waals surface area contributed by atoms with Gasteiger partial charge in [0, 0.05) is 44.8 Å². The van der Waals surface area contributed by atoms with Crippen molar-refractivity contribution in [2.24, 2.45) is 5.92 Å². The van der Waals surface area contributed by atoms with Gasteiger partial charge in [-0.05, 0) is 44.5 Å². The average molecular weight is 411 g/mol. The Morgan fingerprint density at radius 1 is 1.27 bits per heavy atom. The summed E-state index contributed by atoms with van der Waals surface area (Å²) in [6, 6.07) is 9.25. The lowest BCUT2D eigenvalue weighted by Gasteiger charge is -2.43. The van der Waals surface area contributed by atoms with Gasteiger partial charge in [-0.1, -0.05) is 12.1 Å². The van der Waals surface area contributed by atoms with E-state index in [4.69, 9.17) is 0 Å². The van der Waals surface area contributed by atoms with Gasteiger partial charge in [0.15, 0.2) is 5.82 Å². The van der Waals surface area contributed by atoms with Crippen molar-refractivity contribution in [2.75, 3.05) is 50.0 Å². The zero-order chi connectivity index (χ0) is 21.1. The van der Waals surface area contributed by atoms with Crippen LogP contribution in [-0.2, 0) is 4.79 Å². The Kier molecular flexibility index (Phi) is 6.03. The van der Waals surface area contributed by atoms with Crippen molar-refractivity contribution in [1.29, 1.82) is 0 Å². The Balaban J connectivity index is 1.54. The Morgan fingerprint density at radius 2 is 2.10 bits per heavy atom. The van der Waals surface area contributed by atoms with Crippen LogP contribution in [0.25, 0.3) is 11.3 Å². The fourth-order valence-electron chi connectivity index (χ4n) is 4.44. The van der Waals surface area contributed by atoms with E-state index in [-0.39, 0.29) is 23.6 Å². The third kappa shape index (κ3) is 4.05. The van der Waals surface area contributed by atoms with Crippen LogP contribution in [0.5, 0.6) is 5.75 Å². The second kappa shape index (κ2) is 8.87. The summed E-state index contributed by atoms with van der Waals surface area (Å²) in [5.41, 5.74) is 2.21. The molecule has 0 saturated carbocycles. The number of para-hydroxylation sites is 1. The molecule has 0 aliphatic carbocycles. The summed E-state index contributed by atoms with van der Waals surface area (Å²) in [7, 11) is 1.83. The maximum atomic E-state index is 12.9. The van der Waals surface area contributed by atoms with Crippen LogP contribution < -0.4 is 15.5 Å². The van der Waals surface area contributed by atoms with Crippen LogP contribution in [0.15, 0.2) is 30.3 Å². The van der Waals surface area contributed by atoms with Gasteiger partial charge in [-0.15, -0.1) is 10.2 Å². The van der Waals surface area contributed by atoms with E-state index in [0.29, 0.717) is 30.2 Å². The van der Waals surface area contributed by atoms with Crippen LogP contribution in [0.1, 0.15) is 19.8 Å². The Hall–Kier alpha value is -2.87. The number of piperidine rings is 1. The van der Waals surface area contributed by atoms with E-state index in [1.807, 2.05) is 30.1 Å². The second-order valence-corrected chi connectivity index (χ2v) is 8.10. The highest BCUT2D eigenvalue weighted by Gasteiger charge is 2.32. The minimum Gasteiger partial charge on any atom is -0.507 e. The minimum atomic E-state index is 0.0978. The molecule has 2 aliphatic rings. The molecule has 2 saturated heterocycles. The zero-order valence-electron chi connectivity index (χ0n) is 17.6. The van der Waals surface area contributed by atoms with Crippen molar-refractivity contribution in [3.63, 3.8) is 0 Å². The highest BCUT2D eigenvalue weighted by molar-refractivity contribution is 5.80. The molecule has 2 aliphatic heterocycles. The van der Waals surface area contributed by atoms with Gasteiger partial charge in [0.25, 0.3) is 0 Å². The molecule has 3 N–H and O–H groups in total. The first kappa shape index (κ1) is 20.4. The van der Waals surface area contributed by atoms with E-state index < -0.39 is 0 Å². The molecule has 2 aromatic rings. The van der Waals surface area contributed by atoms with Gasteiger partial charge in [-0.2, -0.15) is 0 Å². The molecular formula is C22H30N6O2. The normalized spacial score (nSPS) is 22.1. The predicted molar refractivity (Wildman–Crippen MR) is 118 cm³/mol. The first-order valence-electron chi connectivity index (χ1n) is 10.7. The quantitative estimate of drug-likeness (QED) is 0.709. The number of piperazine rings is 1. The maximum Gasteiger partial charge on any atom is 0.227 e. The fourth-order valence-corrected chi connectivity index (χ4v) is 4.44. The van der Waals surface area contributed by atoms with Crippen LogP contribution in [0, 0.1) is 5.92 Å². The van der Waals surface area contributed by atoms with E-state index in [0.717, 1.165) is 38.2 Å². The Morgan fingerprint density at radius 3 is 2.80 bits per heavy atom. The summed E-state index contributed by atoms with van der Waals surface area (Å²) in [5.74, 6) is 1.24. The van der Waals surface area contributed by atoms with Crippen LogP contribution in [-0.4, -0.2) is 71.9 Å². The number of nitrogens with zero attached hydrogens (tertiary/aromatic N) is 4. The molecule has 160 valence electrons. The number of rotatable bonds is 4. The third-order valence-corrected chi connectivity index (χ3v) is 6.09. The number of anilines is 2. The number of nitrogens with one attached hydrogen (secondary N) is 2. The Bertz CT molecular complexity index is 899. The molecule has 3 heterocycles. The molecule has 8 heteroatoms. The van der Waals surface area contributed by atoms with Crippen LogP contribution in [0.4, 0.5) is 11.5 Å². The summed E-state index contributed by atoms with van der Waals surface area (Å²) >= 11 is 0. The first-order valence-corrected chi connectivity index (χ1v) is 10.7. The lowest BCUT2D eigenvalue weighted by atomic mass is 9.97. The number of benzene rings is 1. The summed E-state index contributed by atoms with van der Waals surface area (Å²) in [4.78, 5) is 17.2. The van der Waals surface area contributed by atoms with Crippen molar-refractivity contribution < 1.29 is 9.90 Å². The third-order valence-electron chi connectivity index (χ3n) is 6.09. The van der Waals surface area contributed by atoms with Crippen LogP contribution in [0.3, 0.4) is 0 Å². The lowest BCUT2D eigenvalue weighted by molar-refractivity contribution is -0.136. The molecule has 0 radical (unpaired) electrons. The smallest absolute Gasteiger partial charge is 0.227 e. The van der Waals surface area contributed by atoms with E-state index in [9.17, 15) is 9.90 Å². The van der Waals surface area contributed by atoms with Gasteiger partial charge in [0.1, 0.15) is 5.75 Å². The molecule has 2 atom stereocenters. The molecule has 1 aromatic heterocycles. The predicted octanol–water partition coefficient (Wildman–Crippen LogP) is 1.93. The highest BCUT2D eigenvalue weighted by Crippen LogP contribution is 2.33. The standard InChI is InChI=1S/C22H30N6O2/c1-15-14-27(22(30)16-6-5-9-24-13-16)10-11-28(15)19-12-18(25-26-21(19)23-2)17-7-3-4-8-20(17)29/h3-4,7-8,12,15-16,24,29H,5-6,9-11,13-14H2,1-2H3,(H,23,26)/t15-,16+/m0/s1. The van der Waals surface area contributed by atoms with E-state index in [1.165, 1.54) is 0 Å². The van der Waals surface area contributed by atoms with Crippen molar-refractivity contribution in [3.05, 3.63) is 30.3 Å². The average Bonchev–Trinajstić information content (AvgIpc) is 2.79. The molecule has 0 bridgehead atoms. The molecule has 8 nitrogen and oxygen atoms in total. The molecule has 0 unspecified atom stereocenters. The number of carbonyl (C=O) groups excluding carboxylic acids is 1. The number of amides is 1. The van der Waals surface area contributed by atoms with Crippen LogP contribution >= 0.6 is 0 Å². The minimum absolute atomic E-state index is 0.0978. The lowest BCUT2D eigenvalue weighted by Crippen LogP contribution is -2.56. The largest absolute Gasteiger partial charge is 0.507 e. The molecule has 0 spiro atoms. The molecule has 30 heavy (non-hydrogen) atoms. The fraction of sp³-hybridized carbons (Fsp3) is 0.500. The molecule has 1 amide bonds. The monoisotopic (exact) mass is 410 g/mol. The number of phenols is 1. The zero-order valence-corrected chi connectivity index (χ0v) is 17.6. The van der Waals surface area contributed by atoms with Crippen molar-refractivity contribution >= 4 is 17.4 Å². The number of aromatic nitrogens is 2. The number of carbonyl (C=O) groups is 1. The van der Waals surface area contributed by atoms with Crippen molar-refractivity contribution in [3.8, 4) is 17.0 Å². The summed E-state index contributed by atoms with van der Waals surface area (Å²) in [6.45, 7) is 6.04. The van der Waals surface area contributed by atoms with Gasteiger partial charge in [-0.3, -0.25) is 4.79 Å². The van der Waals surface area contributed by atoms with E-state index in [1.54, 1.807) is 12.1 Å². The maximum absolute atomic E-state index is 12.9. The molecular weight excluding hydrogens is 380 g/mol. The van der Waals surface area contributed by atoms with Crippen molar-refractivity contribution in [2.45, 2.75) is 25.8 Å². The van der Waals surface area contributed by atoms with Gasteiger partial charge in [0.2, 0.25) is 5.91 Å². The number of aromatic hydroxyl groups is 1. The van der Waals surface area contributed by atoms with Gasteiger partial charge in [-0.25, -0.2) is 0 Å². The Labute approximate surface area is 177 Å². The van der Waals surface area contributed by atoms with E-state index in [2.05, 4.69) is 32.7 Å². The summed E-state index contributed by atoms with van der Waals surface area (Å²) in [5, 5.41) is 25.3. The topological polar surface area (TPSA) is 93.6 Å². The summed E-state index contributed by atoms with van der Waals surface area (Å²) in [6.07, 6.45) is 2.04. The van der Waals surface area contributed by atoms with Gasteiger partial charge in [0.05, 0.1) is 17.3 Å². The SMILES string of the molecule is CNc1nnc(-c2ccccc2O)cc1N1CCN(C(=O)[C@@H]2CCCNC2)C[C@@H]1C.